The summed E-state index contributed by atoms with van der Waals surface area (Å²) in [6, 6.07) is 3.46. The minimum atomic E-state index is -3.14. The van der Waals surface area contributed by atoms with Crippen LogP contribution in [0.5, 0.6) is 0 Å². The van der Waals surface area contributed by atoms with Gasteiger partial charge in [0.15, 0.2) is 10.8 Å². The van der Waals surface area contributed by atoms with Crippen LogP contribution in [0, 0.1) is 5.82 Å². The van der Waals surface area contributed by atoms with E-state index in [1.54, 1.807) is 0 Å². The Morgan fingerprint density at radius 2 is 1.93 bits per heavy atom. The molecule has 1 aliphatic rings. The van der Waals surface area contributed by atoms with Crippen molar-refractivity contribution in [3.8, 4) is 0 Å². The highest BCUT2D eigenvalue weighted by Crippen LogP contribution is 2.28. The molecule has 1 fully saturated rings. The summed E-state index contributed by atoms with van der Waals surface area (Å²) in [6.45, 7) is -1.40. The Morgan fingerprint density at radius 1 is 1.17 bits per heavy atom. The SMILES string of the molecule is COC(=O)C1CN(C(=O)Cn2nc(C(F)F)cc2C(F)F)CCN1c1nc(C(=O)OCc2c(F)cccc2Cl)cs1. The van der Waals surface area contributed by atoms with Gasteiger partial charge in [-0.3, -0.25) is 9.48 Å². The number of piperazine rings is 1. The molecular formula is C24H21ClF5N5O5S. The summed E-state index contributed by atoms with van der Waals surface area (Å²) >= 11 is 6.95. The number of rotatable bonds is 9. The molecule has 1 unspecified atom stereocenters. The topological polar surface area (TPSA) is 107 Å². The Morgan fingerprint density at radius 3 is 2.59 bits per heavy atom. The first kappa shape index (κ1) is 30.2. The fourth-order valence-electron chi connectivity index (χ4n) is 4.04. The van der Waals surface area contributed by atoms with Gasteiger partial charge in [0.05, 0.1) is 18.7 Å². The Labute approximate surface area is 238 Å². The molecule has 0 N–H and O–H groups in total. The van der Waals surface area contributed by atoms with E-state index in [0.29, 0.717) is 10.7 Å². The second kappa shape index (κ2) is 12.8. The number of thiazole rings is 1. The van der Waals surface area contributed by atoms with Crippen LogP contribution >= 0.6 is 22.9 Å². The number of carbonyl (C=O) groups is 3. The van der Waals surface area contributed by atoms with Crippen molar-refractivity contribution < 1.29 is 45.8 Å². The van der Waals surface area contributed by atoms with Gasteiger partial charge in [-0.15, -0.1) is 11.3 Å². The van der Waals surface area contributed by atoms with Gasteiger partial charge in [-0.2, -0.15) is 5.10 Å². The van der Waals surface area contributed by atoms with E-state index in [2.05, 4.69) is 10.1 Å². The van der Waals surface area contributed by atoms with Crippen molar-refractivity contribution in [1.29, 1.82) is 0 Å². The van der Waals surface area contributed by atoms with Crippen molar-refractivity contribution in [2.75, 3.05) is 31.6 Å². The summed E-state index contributed by atoms with van der Waals surface area (Å²) in [5.41, 5.74) is -1.85. The second-order valence-electron chi connectivity index (χ2n) is 8.62. The number of hydrogen-bond donors (Lipinski definition) is 0. The lowest BCUT2D eigenvalue weighted by molar-refractivity contribution is -0.144. The summed E-state index contributed by atoms with van der Waals surface area (Å²) in [5, 5.41) is 5.09. The number of nitrogens with zero attached hydrogens (tertiary/aromatic N) is 5. The molecule has 4 rings (SSSR count). The number of aromatic nitrogens is 3. The van der Waals surface area contributed by atoms with Gasteiger partial charge >= 0.3 is 11.9 Å². The molecule has 1 saturated heterocycles. The number of carbonyl (C=O) groups excluding carboxylic acids is 3. The first-order chi connectivity index (χ1) is 19.5. The van der Waals surface area contributed by atoms with Crippen LogP contribution < -0.4 is 4.90 Å². The van der Waals surface area contributed by atoms with E-state index in [0.717, 1.165) is 18.4 Å². The first-order valence-electron chi connectivity index (χ1n) is 11.8. The number of benzene rings is 1. The van der Waals surface area contributed by atoms with Gasteiger partial charge in [0.1, 0.15) is 36.4 Å². The van der Waals surface area contributed by atoms with E-state index >= 15 is 0 Å². The summed E-state index contributed by atoms with van der Waals surface area (Å²) < 4.78 is 77.1. The zero-order valence-corrected chi connectivity index (χ0v) is 22.7. The van der Waals surface area contributed by atoms with Gasteiger partial charge in [-0.1, -0.05) is 17.7 Å². The molecule has 220 valence electrons. The molecule has 0 radical (unpaired) electrons. The van der Waals surface area contributed by atoms with E-state index < -0.39 is 67.1 Å². The lowest BCUT2D eigenvalue weighted by atomic mass is 10.1. The van der Waals surface area contributed by atoms with E-state index in [4.69, 9.17) is 21.1 Å². The number of methoxy groups -OCH3 is 1. The summed E-state index contributed by atoms with van der Waals surface area (Å²) in [7, 11) is 1.13. The molecule has 0 bridgehead atoms. The Hall–Kier alpha value is -3.79. The van der Waals surface area contributed by atoms with E-state index in [1.165, 1.54) is 33.4 Å². The van der Waals surface area contributed by atoms with Crippen molar-refractivity contribution in [3.63, 3.8) is 0 Å². The molecule has 1 atom stereocenters. The summed E-state index contributed by atoms with van der Waals surface area (Å²) in [6.07, 6.45) is -6.24. The lowest BCUT2D eigenvalue weighted by Gasteiger charge is -2.39. The van der Waals surface area contributed by atoms with Crippen LogP contribution in [0.15, 0.2) is 29.6 Å². The van der Waals surface area contributed by atoms with Crippen molar-refractivity contribution in [2.24, 2.45) is 0 Å². The molecule has 10 nitrogen and oxygen atoms in total. The van der Waals surface area contributed by atoms with Gasteiger partial charge < -0.3 is 19.3 Å². The fraction of sp³-hybridized carbons (Fsp3) is 0.375. The van der Waals surface area contributed by atoms with Crippen LogP contribution in [-0.2, 0) is 32.2 Å². The van der Waals surface area contributed by atoms with Gasteiger partial charge in [0.25, 0.3) is 12.9 Å². The molecule has 41 heavy (non-hydrogen) atoms. The van der Waals surface area contributed by atoms with Crippen LogP contribution in [0.4, 0.5) is 27.1 Å². The van der Waals surface area contributed by atoms with Crippen LogP contribution in [0.2, 0.25) is 5.02 Å². The van der Waals surface area contributed by atoms with E-state index in [-0.39, 0.29) is 41.0 Å². The normalized spacial score (nSPS) is 15.5. The third-order valence-electron chi connectivity index (χ3n) is 6.12. The predicted molar refractivity (Wildman–Crippen MR) is 135 cm³/mol. The summed E-state index contributed by atoms with van der Waals surface area (Å²) in [5.74, 6) is -3.00. The van der Waals surface area contributed by atoms with Gasteiger partial charge in [0, 0.05) is 24.0 Å². The molecule has 0 aliphatic carbocycles. The van der Waals surface area contributed by atoms with Gasteiger partial charge in [-0.25, -0.2) is 36.5 Å². The lowest BCUT2D eigenvalue weighted by Crippen LogP contribution is -2.58. The highest BCUT2D eigenvalue weighted by atomic mass is 35.5. The monoisotopic (exact) mass is 621 g/mol. The number of ether oxygens (including phenoxy) is 2. The zero-order valence-electron chi connectivity index (χ0n) is 21.1. The molecule has 0 saturated carbocycles. The molecule has 1 amide bonds. The van der Waals surface area contributed by atoms with Crippen LogP contribution in [0.3, 0.4) is 0 Å². The Bertz CT molecular complexity index is 1420. The third-order valence-corrected chi connectivity index (χ3v) is 7.36. The highest BCUT2D eigenvalue weighted by Gasteiger charge is 2.37. The van der Waals surface area contributed by atoms with Crippen molar-refractivity contribution >= 4 is 45.9 Å². The molecule has 1 aliphatic heterocycles. The molecular weight excluding hydrogens is 601 g/mol. The average Bonchev–Trinajstić information content (AvgIpc) is 3.60. The summed E-state index contributed by atoms with van der Waals surface area (Å²) in [4.78, 5) is 44.9. The smallest absolute Gasteiger partial charge is 0.358 e. The molecule has 17 heteroatoms. The molecule has 3 heterocycles. The van der Waals surface area contributed by atoms with E-state index in [9.17, 15) is 36.3 Å². The second-order valence-corrected chi connectivity index (χ2v) is 9.86. The number of esters is 2. The Kier molecular flexibility index (Phi) is 9.42. The number of amides is 1. The first-order valence-corrected chi connectivity index (χ1v) is 13.1. The molecule has 0 spiro atoms. The largest absolute Gasteiger partial charge is 0.467 e. The fourth-order valence-corrected chi connectivity index (χ4v) is 5.13. The van der Waals surface area contributed by atoms with E-state index in [1.807, 2.05) is 0 Å². The zero-order chi connectivity index (χ0) is 29.8. The van der Waals surface area contributed by atoms with Crippen molar-refractivity contribution in [2.45, 2.75) is 32.0 Å². The average molecular weight is 622 g/mol. The number of anilines is 1. The van der Waals surface area contributed by atoms with Crippen molar-refractivity contribution in [1.82, 2.24) is 19.7 Å². The third kappa shape index (κ3) is 6.75. The van der Waals surface area contributed by atoms with Crippen LogP contribution in [0.1, 0.15) is 40.3 Å². The van der Waals surface area contributed by atoms with Crippen LogP contribution in [-0.4, -0.2) is 70.3 Å². The van der Waals surface area contributed by atoms with Gasteiger partial charge in [0.2, 0.25) is 5.91 Å². The Balaban J connectivity index is 1.45. The standard InChI is InChI=1S/C24H21ClF5N5O5S/c1-39-23(38)18-8-33(19(36)9-35-17(21(29)30)7-15(32-35)20(27)28)5-6-34(18)24-31-16(11-41-24)22(37)40-10-12-13(25)3-2-4-14(12)26/h2-4,7,11,18,20-21H,5-6,8-10H2,1H3. The number of alkyl halides is 4. The quantitative estimate of drug-likeness (QED) is 0.258. The molecule has 2 aromatic heterocycles. The number of halogens is 6. The minimum absolute atomic E-state index is 0.00442. The predicted octanol–water partition coefficient (Wildman–Crippen LogP) is 4.25. The highest BCUT2D eigenvalue weighted by molar-refractivity contribution is 7.14. The van der Waals surface area contributed by atoms with Crippen LogP contribution in [0.25, 0.3) is 0 Å². The number of hydrogen-bond acceptors (Lipinski definition) is 9. The molecule has 1 aromatic carbocycles. The molecule has 3 aromatic rings. The van der Waals surface area contributed by atoms with Gasteiger partial charge in [-0.05, 0) is 18.2 Å². The maximum Gasteiger partial charge on any atom is 0.358 e. The minimum Gasteiger partial charge on any atom is -0.467 e. The maximum atomic E-state index is 14.0. The van der Waals surface area contributed by atoms with Crippen molar-refractivity contribution in [3.05, 3.63) is 63.1 Å². The maximum absolute atomic E-state index is 14.0.